The van der Waals surface area contributed by atoms with E-state index in [1.807, 2.05) is 0 Å². The van der Waals surface area contributed by atoms with Crippen molar-refractivity contribution in [2.24, 2.45) is 0 Å². The largest absolute Gasteiger partial charge is 0.405 e. The normalized spacial score (nSPS) is 13.3. The van der Waals surface area contributed by atoms with Crippen LogP contribution in [0.1, 0.15) is 54.4 Å². The fourth-order valence-corrected chi connectivity index (χ4v) is 8.39. The summed E-state index contributed by atoms with van der Waals surface area (Å²) in [4.78, 5) is 0. The van der Waals surface area contributed by atoms with Gasteiger partial charge in [0.05, 0.1) is 0 Å². The van der Waals surface area contributed by atoms with Crippen LogP contribution in [0, 0.1) is 0 Å². The summed E-state index contributed by atoms with van der Waals surface area (Å²) >= 11 is 0. The fourth-order valence-electron chi connectivity index (χ4n) is 3.66. The average Bonchev–Trinajstić information content (AvgIpc) is 2.60. The highest BCUT2D eigenvalue weighted by molar-refractivity contribution is 6.99. The van der Waals surface area contributed by atoms with Crippen molar-refractivity contribution in [3.63, 3.8) is 0 Å². The van der Waals surface area contributed by atoms with Gasteiger partial charge in [0, 0.05) is 6.10 Å². The quantitative estimate of drug-likeness (QED) is 0.451. The van der Waals surface area contributed by atoms with Crippen LogP contribution >= 0.6 is 0 Å². The van der Waals surface area contributed by atoms with Crippen LogP contribution in [-0.2, 0) is 4.43 Å². The molecular formula is C24H34OSi. The van der Waals surface area contributed by atoms with E-state index in [0.717, 1.165) is 12.8 Å². The Kier molecular flexibility index (Phi) is 7.02. The molecule has 0 saturated carbocycles. The highest BCUT2D eigenvalue weighted by Gasteiger charge is 2.50. The van der Waals surface area contributed by atoms with Crippen LogP contribution in [0.5, 0.6) is 0 Å². The van der Waals surface area contributed by atoms with Crippen molar-refractivity contribution in [1.82, 2.24) is 0 Å². The van der Waals surface area contributed by atoms with Gasteiger partial charge in [-0.3, -0.25) is 0 Å². The Hall–Kier alpha value is -1.64. The molecule has 26 heavy (non-hydrogen) atoms. The molecule has 0 N–H and O–H groups in total. The first-order valence-electron chi connectivity index (χ1n) is 9.69. The zero-order chi connectivity index (χ0) is 19.2. The summed E-state index contributed by atoms with van der Waals surface area (Å²) in [6, 6.07) is 21.8. The predicted octanol–water partition coefficient (Wildman–Crippen LogP) is 5.70. The molecule has 2 rings (SSSR count). The molecule has 2 heteroatoms. The maximum absolute atomic E-state index is 7.07. The van der Waals surface area contributed by atoms with E-state index in [1.54, 1.807) is 0 Å². The minimum absolute atomic E-state index is 0.0421. The van der Waals surface area contributed by atoms with Crippen LogP contribution < -0.4 is 10.4 Å². The second-order valence-electron chi connectivity index (χ2n) is 8.45. The van der Waals surface area contributed by atoms with Gasteiger partial charge in [0.15, 0.2) is 0 Å². The lowest BCUT2D eigenvalue weighted by Gasteiger charge is -2.44. The van der Waals surface area contributed by atoms with Gasteiger partial charge in [0.1, 0.15) is 0 Å². The molecule has 1 atom stereocenters. The highest BCUT2D eigenvalue weighted by Crippen LogP contribution is 2.37. The molecule has 0 fully saturated rings. The Bertz CT molecular complexity index is 654. The van der Waals surface area contributed by atoms with Crippen LogP contribution in [0.25, 0.3) is 0 Å². The van der Waals surface area contributed by atoms with Gasteiger partial charge in [0.2, 0.25) is 0 Å². The monoisotopic (exact) mass is 366 g/mol. The van der Waals surface area contributed by atoms with Crippen LogP contribution in [0.2, 0.25) is 5.04 Å². The SMILES string of the molecule is CC(C)=CCCC(C)O[Si](c1ccccc1)(c1ccccc1)C(C)(C)C. The number of hydrogen-bond acceptors (Lipinski definition) is 1. The Morgan fingerprint density at radius 2 is 1.38 bits per heavy atom. The molecule has 1 unspecified atom stereocenters. The molecule has 0 bridgehead atoms. The minimum Gasteiger partial charge on any atom is -0.405 e. The van der Waals surface area contributed by atoms with E-state index in [-0.39, 0.29) is 11.1 Å². The van der Waals surface area contributed by atoms with E-state index < -0.39 is 8.32 Å². The Labute approximate surface area is 161 Å². The third kappa shape index (κ3) is 4.75. The zero-order valence-electron chi connectivity index (χ0n) is 17.3. The molecule has 0 radical (unpaired) electrons. The number of benzene rings is 2. The van der Waals surface area contributed by atoms with Crippen molar-refractivity contribution in [2.75, 3.05) is 0 Å². The summed E-state index contributed by atoms with van der Waals surface area (Å²) in [5, 5.41) is 2.75. The van der Waals surface area contributed by atoms with E-state index in [9.17, 15) is 0 Å². The molecule has 0 aliphatic rings. The average molecular weight is 367 g/mol. The van der Waals surface area contributed by atoms with Crippen molar-refractivity contribution in [3.05, 3.63) is 72.3 Å². The van der Waals surface area contributed by atoms with Crippen molar-refractivity contribution in [2.45, 2.75) is 65.5 Å². The molecule has 0 amide bonds. The predicted molar refractivity (Wildman–Crippen MR) is 117 cm³/mol. The van der Waals surface area contributed by atoms with Gasteiger partial charge in [-0.05, 0) is 49.0 Å². The van der Waals surface area contributed by atoms with Crippen LogP contribution in [0.4, 0.5) is 0 Å². The first-order chi connectivity index (χ1) is 12.3. The van der Waals surface area contributed by atoms with Gasteiger partial charge < -0.3 is 4.43 Å². The molecular weight excluding hydrogens is 332 g/mol. The molecule has 140 valence electrons. The second-order valence-corrected chi connectivity index (χ2v) is 12.7. The first kappa shape index (κ1) is 20.7. The molecule has 0 aliphatic carbocycles. The van der Waals surface area contributed by atoms with Crippen molar-refractivity contribution < 1.29 is 4.43 Å². The van der Waals surface area contributed by atoms with Gasteiger partial charge >= 0.3 is 0 Å². The highest BCUT2D eigenvalue weighted by atomic mass is 28.4. The standard InChI is InChI=1S/C24H34OSi/c1-20(2)14-13-15-21(3)25-26(24(4,5)6,22-16-9-7-10-17-22)23-18-11-8-12-19-23/h7-12,14,16-19,21H,13,15H2,1-6H3. The maximum Gasteiger partial charge on any atom is 0.261 e. The lowest BCUT2D eigenvalue weighted by Crippen LogP contribution is -2.67. The molecule has 0 aromatic heterocycles. The van der Waals surface area contributed by atoms with E-state index in [4.69, 9.17) is 4.43 Å². The van der Waals surface area contributed by atoms with Gasteiger partial charge in [0.25, 0.3) is 8.32 Å². The van der Waals surface area contributed by atoms with Crippen molar-refractivity contribution in [3.8, 4) is 0 Å². The van der Waals surface area contributed by atoms with E-state index in [0.29, 0.717) is 0 Å². The lowest BCUT2D eigenvalue weighted by molar-refractivity contribution is 0.197. The summed E-state index contributed by atoms with van der Waals surface area (Å²) in [7, 11) is -2.41. The Morgan fingerprint density at radius 1 is 0.923 bits per heavy atom. The Balaban J connectivity index is 2.49. The third-order valence-electron chi connectivity index (χ3n) is 4.92. The van der Waals surface area contributed by atoms with Crippen LogP contribution in [-0.4, -0.2) is 14.4 Å². The summed E-state index contributed by atoms with van der Waals surface area (Å²) < 4.78 is 7.07. The summed E-state index contributed by atoms with van der Waals surface area (Å²) in [6.45, 7) is 13.6. The summed E-state index contributed by atoms with van der Waals surface area (Å²) in [5.74, 6) is 0. The van der Waals surface area contributed by atoms with Crippen molar-refractivity contribution in [1.29, 1.82) is 0 Å². The van der Waals surface area contributed by atoms with Gasteiger partial charge in [-0.25, -0.2) is 0 Å². The molecule has 0 spiro atoms. The second kappa shape index (κ2) is 8.83. The first-order valence-corrected chi connectivity index (χ1v) is 11.6. The lowest BCUT2D eigenvalue weighted by atomic mass is 10.2. The molecule has 0 heterocycles. The Morgan fingerprint density at radius 3 is 1.77 bits per heavy atom. The number of rotatable bonds is 7. The maximum atomic E-state index is 7.07. The summed E-state index contributed by atoms with van der Waals surface area (Å²) in [6.07, 6.45) is 4.65. The topological polar surface area (TPSA) is 9.23 Å². The zero-order valence-corrected chi connectivity index (χ0v) is 18.3. The van der Waals surface area contributed by atoms with E-state index in [2.05, 4.69) is 108 Å². The van der Waals surface area contributed by atoms with Gasteiger partial charge in [-0.2, -0.15) is 0 Å². The van der Waals surface area contributed by atoms with Gasteiger partial charge in [-0.1, -0.05) is 93.1 Å². The number of allylic oxidation sites excluding steroid dienone is 2. The molecule has 1 nitrogen and oxygen atoms in total. The molecule has 2 aromatic carbocycles. The minimum atomic E-state index is -2.41. The van der Waals surface area contributed by atoms with Crippen LogP contribution in [0.15, 0.2) is 72.3 Å². The fraction of sp³-hybridized carbons (Fsp3) is 0.417. The smallest absolute Gasteiger partial charge is 0.261 e. The van der Waals surface area contributed by atoms with Crippen LogP contribution in [0.3, 0.4) is 0 Å². The van der Waals surface area contributed by atoms with E-state index >= 15 is 0 Å². The molecule has 2 aromatic rings. The summed E-state index contributed by atoms with van der Waals surface area (Å²) in [5.41, 5.74) is 1.38. The number of hydrogen-bond donors (Lipinski definition) is 0. The van der Waals surface area contributed by atoms with Crippen molar-refractivity contribution >= 4 is 18.7 Å². The molecule has 0 aliphatic heterocycles. The van der Waals surface area contributed by atoms with E-state index in [1.165, 1.54) is 15.9 Å². The third-order valence-corrected chi connectivity index (χ3v) is 10.1. The molecule has 0 saturated heterocycles. The van der Waals surface area contributed by atoms with Gasteiger partial charge in [-0.15, -0.1) is 0 Å².